The molecule has 0 aromatic rings. The smallest absolute Gasteiger partial charge is 0.482 e. The summed E-state index contributed by atoms with van der Waals surface area (Å²) in [5, 5.41) is 14.3. The standard InChI is InChI=1S/C46H90N2O10P/c1-8-10-12-13-14-15-16-17-18-21-24-27-30-33-43(49)54-39-42(40-57-59(52,53)56-38-37-48(5,6)7)58-44(50)34-31-28-25-22-19-20-23-26-29-32-36-46(35-11-9-2)47(51)45(3,4)41-55-46/h42H,8-41H2,1-7H3/p+1. The summed E-state index contributed by atoms with van der Waals surface area (Å²) in [6, 6.07) is 0. The molecule has 0 saturated carbocycles. The van der Waals surface area contributed by atoms with E-state index in [1.807, 2.05) is 35.0 Å². The Labute approximate surface area is 362 Å². The third-order valence-corrected chi connectivity index (χ3v) is 12.4. The van der Waals surface area contributed by atoms with E-state index in [-0.39, 0.29) is 25.6 Å². The molecule has 0 aromatic carbocycles. The highest BCUT2D eigenvalue weighted by Gasteiger charge is 2.45. The molecule has 1 heterocycles. The molecule has 0 aliphatic carbocycles. The van der Waals surface area contributed by atoms with Gasteiger partial charge in [-0.1, -0.05) is 149 Å². The predicted molar refractivity (Wildman–Crippen MR) is 238 cm³/mol. The van der Waals surface area contributed by atoms with Crippen molar-refractivity contribution in [2.75, 3.05) is 54.1 Å². The van der Waals surface area contributed by atoms with Gasteiger partial charge in [-0.05, 0) is 52.4 Å². The van der Waals surface area contributed by atoms with E-state index in [2.05, 4.69) is 13.8 Å². The minimum absolute atomic E-state index is 0.0320. The third kappa shape index (κ3) is 29.1. The van der Waals surface area contributed by atoms with Gasteiger partial charge in [0.25, 0.3) is 0 Å². The number of carbonyl (C=O) groups excluding carboxylic acids is 2. The number of ether oxygens (including phenoxy) is 3. The third-order valence-electron chi connectivity index (χ3n) is 11.4. The van der Waals surface area contributed by atoms with E-state index in [9.17, 15) is 24.6 Å². The summed E-state index contributed by atoms with van der Waals surface area (Å²) in [5.41, 5.74) is -1.11. The first-order chi connectivity index (χ1) is 28.1. The number of rotatable bonds is 40. The Morgan fingerprint density at radius 2 is 1.17 bits per heavy atom. The highest BCUT2D eigenvalue weighted by molar-refractivity contribution is 7.52. The van der Waals surface area contributed by atoms with Gasteiger partial charge >= 0.3 is 20.1 Å². The molecule has 0 aromatic heterocycles. The lowest BCUT2D eigenvalue weighted by atomic mass is 9.95. The van der Waals surface area contributed by atoms with E-state index in [4.69, 9.17) is 23.3 Å². The second-order valence-electron chi connectivity index (χ2n) is 18.9. The van der Waals surface area contributed by atoms with E-state index in [0.29, 0.717) is 30.5 Å². The lowest BCUT2D eigenvalue weighted by molar-refractivity contribution is -0.870. The summed E-state index contributed by atoms with van der Waals surface area (Å²) in [7, 11) is 1.16. The average molecular weight is 863 g/mol. The van der Waals surface area contributed by atoms with Gasteiger partial charge in [0.1, 0.15) is 31.9 Å². The zero-order valence-electron chi connectivity index (χ0n) is 39.1. The maximum atomic E-state index is 13.0. The Morgan fingerprint density at radius 3 is 1.64 bits per heavy atom. The van der Waals surface area contributed by atoms with Crippen molar-refractivity contribution in [2.45, 2.75) is 231 Å². The molecule has 0 bridgehead atoms. The lowest BCUT2D eigenvalue weighted by Crippen LogP contribution is -2.48. The van der Waals surface area contributed by atoms with Crippen molar-refractivity contribution in [3.05, 3.63) is 5.21 Å². The zero-order chi connectivity index (χ0) is 43.9. The number of esters is 2. The Balaban J connectivity index is 2.31. The van der Waals surface area contributed by atoms with Crippen molar-refractivity contribution in [1.82, 2.24) is 5.06 Å². The van der Waals surface area contributed by atoms with Crippen molar-refractivity contribution in [3.63, 3.8) is 0 Å². The maximum absolute atomic E-state index is 13.0. The molecule has 1 fully saturated rings. The molecular weight excluding hydrogens is 771 g/mol. The van der Waals surface area contributed by atoms with Gasteiger partial charge in [0.2, 0.25) is 6.61 Å². The molecule has 1 rings (SSSR count). The monoisotopic (exact) mass is 863 g/mol. The lowest BCUT2D eigenvalue weighted by Gasteiger charge is -2.48. The molecule has 0 spiro atoms. The van der Waals surface area contributed by atoms with Gasteiger partial charge in [0.15, 0.2) is 6.10 Å². The van der Waals surface area contributed by atoms with Gasteiger partial charge in [-0.15, -0.1) is 0 Å². The van der Waals surface area contributed by atoms with Crippen molar-refractivity contribution < 1.29 is 47.1 Å². The molecule has 59 heavy (non-hydrogen) atoms. The molecule has 1 aliphatic heterocycles. The molecule has 349 valence electrons. The van der Waals surface area contributed by atoms with E-state index in [0.717, 1.165) is 89.9 Å². The average Bonchev–Trinajstić information content (AvgIpc) is 3.40. The molecule has 12 nitrogen and oxygen atoms in total. The van der Waals surface area contributed by atoms with Crippen LogP contribution in [0, 0.1) is 5.21 Å². The number of hydrogen-bond donors (Lipinski definition) is 0. The van der Waals surface area contributed by atoms with Crippen LogP contribution in [0.3, 0.4) is 0 Å². The van der Waals surface area contributed by atoms with Gasteiger partial charge in [0.05, 0.1) is 27.7 Å². The molecule has 2 unspecified atom stereocenters. The minimum Gasteiger partial charge on any atom is -0.783 e. The molecule has 13 heteroatoms. The van der Waals surface area contributed by atoms with Crippen molar-refractivity contribution in [1.29, 1.82) is 0 Å². The Morgan fingerprint density at radius 1 is 0.712 bits per heavy atom. The first kappa shape index (κ1) is 56.1. The van der Waals surface area contributed by atoms with Crippen LogP contribution in [0.2, 0.25) is 0 Å². The first-order valence-corrected chi connectivity index (χ1v) is 25.4. The fourth-order valence-corrected chi connectivity index (χ4v) is 8.27. The molecule has 2 atom stereocenters. The highest BCUT2D eigenvalue weighted by atomic mass is 31.2. The van der Waals surface area contributed by atoms with Gasteiger partial charge in [0, 0.05) is 16.9 Å². The van der Waals surface area contributed by atoms with E-state index >= 15 is 0 Å². The number of nitrogens with zero attached hydrogens (tertiary/aromatic N) is 2. The fraction of sp³-hybridized carbons (Fsp3) is 0.957. The quantitative estimate of drug-likeness (QED) is 0.0192. The summed E-state index contributed by atoms with van der Waals surface area (Å²) >= 11 is 0. The number of hydroxylamine groups is 2. The van der Waals surface area contributed by atoms with Crippen molar-refractivity contribution in [3.8, 4) is 0 Å². The first-order valence-electron chi connectivity index (χ1n) is 23.9. The summed E-state index contributed by atoms with van der Waals surface area (Å²) in [4.78, 5) is 48.0. The Hall–Kier alpha value is -0.950. The Bertz CT molecular complexity index is 1060. The topological polar surface area (TPSA) is 154 Å². The minimum atomic E-state index is -4.63. The molecule has 0 amide bonds. The van der Waals surface area contributed by atoms with Crippen LogP contribution in [0.5, 0.6) is 0 Å². The van der Waals surface area contributed by atoms with Crippen LogP contribution < -0.4 is 4.89 Å². The van der Waals surface area contributed by atoms with Crippen LogP contribution >= 0.6 is 8.17 Å². The van der Waals surface area contributed by atoms with Crippen molar-refractivity contribution >= 4 is 20.1 Å². The van der Waals surface area contributed by atoms with Crippen molar-refractivity contribution in [2.24, 2.45) is 0 Å². The van der Waals surface area contributed by atoms with E-state index in [1.165, 1.54) is 82.1 Å². The van der Waals surface area contributed by atoms with Gasteiger partial charge in [-0.2, -0.15) is 9.05 Å². The summed E-state index contributed by atoms with van der Waals surface area (Å²) in [6.45, 7) is 8.62. The molecule has 1 saturated heterocycles. The predicted octanol–water partition coefficient (Wildman–Crippen LogP) is 11.3. The van der Waals surface area contributed by atoms with E-state index in [1.54, 1.807) is 0 Å². The fourth-order valence-electron chi connectivity index (χ4n) is 7.54. The number of hydrogen-bond acceptors (Lipinski definition) is 9. The highest BCUT2D eigenvalue weighted by Crippen LogP contribution is 2.49. The molecule has 1 N–H and O–H groups in total. The summed E-state index contributed by atoms with van der Waals surface area (Å²) < 4.78 is 27.9. The van der Waals surface area contributed by atoms with Crippen LogP contribution in [-0.4, -0.2) is 97.8 Å². The molecule has 1 radical (unpaired) electrons. The largest absolute Gasteiger partial charge is 0.783 e. The van der Waals surface area contributed by atoms with Gasteiger partial charge < -0.3 is 38.7 Å². The molecular formula is C46H91N2O10P+. The van der Waals surface area contributed by atoms with Crippen LogP contribution in [-0.2, 0) is 32.9 Å². The molecule has 1 aliphatic rings. The second-order valence-corrected chi connectivity index (χ2v) is 20.3. The van der Waals surface area contributed by atoms with Crippen LogP contribution in [0.4, 0.5) is 0 Å². The number of quaternary nitrogens is 1. The van der Waals surface area contributed by atoms with Gasteiger partial charge in [-0.25, -0.2) is 0 Å². The van der Waals surface area contributed by atoms with Crippen LogP contribution in [0.1, 0.15) is 214 Å². The van der Waals surface area contributed by atoms with E-state index < -0.39 is 38.1 Å². The second kappa shape index (κ2) is 32.7. The Kier molecular flexibility index (Phi) is 31.1. The summed E-state index contributed by atoms with van der Waals surface area (Å²) in [5.74, 6) is -0.596. The zero-order valence-corrected chi connectivity index (χ0v) is 40.0. The van der Waals surface area contributed by atoms with Crippen LogP contribution in [0.15, 0.2) is 0 Å². The summed E-state index contributed by atoms with van der Waals surface area (Å²) in [6.07, 6.45) is 29.7. The number of likely N-dealkylation sites (N-methyl/N-ethyl adjacent to an activating group) is 1. The maximum Gasteiger partial charge on any atom is 0.482 e. The normalized spacial score (nSPS) is 18.5. The number of unbranched alkanes of at least 4 members (excludes halogenated alkanes) is 22. The van der Waals surface area contributed by atoms with Crippen LogP contribution in [0.25, 0.3) is 0 Å². The van der Waals surface area contributed by atoms with Gasteiger partial charge in [-0.3, -0.25) is 4.79 Å². The SMILES string of the molecule is CCCCCCCCCCCCCCCC(=[OH+])OCC(CO[P+]([O])([O-])OCC[N+](C)(C)C)OC(=O)CCCCCCCCCCCCC1(CCCC)OCC(C)(C)N1[O-]. The number of carbonyl (C=O) groups is 1.